The van der Waals surface area contributed by atoms with E-state index in [0.29, 0.717) is 25.7 Å². The number of aryl methyl sites for hydroxylation is 1. The van der Waals surface area contributed by atoms with Crippen molar-refractivity contribution >= 4 is 5.96 Å². The molecular formula is C17H24N6O. The quantitative estimate of drug-likeness (QED) is 0.438. The van der Waals surface area contributed by atoms with Crippen LogP contribution in [0.1, 0.15) is 18.3 Å². The molecule has 0 amide bonds. The second-order valence-corrected chi connectivity index (χ2v) is 5.02. The van der Waals surface area contributed by atoms with Gasteiger partial charge in [-0.05, 0) is 13.0 Å². The summed E-state index contributed by atoms with van der Waals surface area (Å²) in [5, 5.41) is 14.5. The highest BCUT2D eigenvalue weighted by atomic mass is 16.5. The first-order valence-electron chi connectivity index (χ1n) is 7.91. The smallest absolute Gasteiger partial charge is 0.191 e. The molecule has 1 heterocycles. The van der Waals surface area contributed by atoms with E-state index >= 15 is 0 Å². The molecule has 128 valence electrons. The molecule has 0 saturated carbocycles. The lowest BCUT2D eigenvalue weighted by Gasteiger charge is -2.14. The Labute approximate surface area is 142 Å². The van der Waals surface area contributed by atoms with Crippen LogP contribution in [-0.4, -0.2) is 34.4 Å². The van der Waals surface area contributed by atoms with Crippen LogP contribution in [0, 0.1) is 0 Å². The maximum atomic E-state index is 5.66. The molecule has 0 bridgehead atoms. The number of benzene rings is 1. The summed E-state index contributed by atoms with van der Waals surface area (Å²) in [5.41, 5.74) is 1.05. The molecule has 0 saturated heterocycles. The molecule has 0 radical (unpaired) electrons. The van der Waals surface area contributed by atoms with Crippen molar-refractivity contribution < 1.29 is 4.74 Å². The van der Waals surface area contributed by atoms with Gasteiger partial charge in [-0.3, -0.25) is 4.99 Å². The van der Waals surface area contributed by atoms with Gasteiger partial charge in [-0.1, -0.05) is 30.9 Å². The zero-order chi connectivity index (χ0) is 17.2. The van der Waals surface area contributed by atoms with Gasteiger partial charge < -0.3 is 19.9 Å². The van der Waals surface area contributed by atoms with Gasteiger partial charge in [0.15, 0.2) is 11.8 Å². The van der Waals surface area contributed by atoms with Crippen LogP contribution in [0.2, 0.25) is 0 Å². The molecule has 0 aliphatic carbocycles. The lowest BCUT2D eigenvalue weighted by atomic mass is 10.2. The molecular weight excluding hydrogens is 304 g/mol. The Morgan fingerprint density at radius 3 is 2.88 bits per heavy atom. The van der Waals surface area contributed by atoms with Gasteiger partial charge in [0.25, 0.3) is 0 Å². The number of guanidine groups is 1. The third-order valence-electron chi connectivity index (χ3n) is 3.45. The summed E-state index contributed by atoms with van der Waals surface area (Å²) in [6.45, 7) is 8.21. The molecule has 0 spiro atoms. The Bertz CT molecular complexity index is 679. The average Bonchev–Trinajstić information content (AvgIpc) is 3.08. The summed E-state index contributed by atoms with van der Waals surface area (Å²) in [7, 11) is 1.74. The second-order valence-electron chi connectivity index (χ2n) is 5.02. The predicted octanol–water partition coefficient (Wildman–Crippen LogP) is 1.73. The average molecular weight is 328 g/mol. The number of nitrogens with zero attached hydrogens (tertiary/aromatic N) is 4. The molecule has 0 atom stereocenters. The molecule has 0 aliphatic rings. The first-order valence-corrected chi connectivity index (χ1v) is 7.91. The van der Waals surface area contributed by atoms with Gasteiger partial charge >= 0.3 is 0 Å². The summed E-state index contributed by atoms with van der Waals surface area (Å²) in [6.07, 6.45) is 3.45. The summed E-state index contributed by atoms with van der Waals surface area (Å²) in [4.78, 5) is 4.23. The van der Waals surface area contributed by atoms with E-state index in [-0.39, 0.29) is 0 Å². The monoisotopic (exact) mass is 328 g/mol. The maximum absolute atomic E-state index is 5.66. The molecule has 1 aromatic carbocycles. The van der Waals surface area contributed by atoms with E-state index in [1.165, 1.54) is 0 Å². The van der Waals surface area contributed by atoms with Gasteiger partial charge in [0.05, 0.1) is 6.54 Å². The van der Waals surface area contributed by atoms with Crippen molar-refractivity contribution in [3.8, 4) is 5.75 Å². The van der Waals surface area contributed by atoms with Crippen molar-refractivity contribution in [2.24, 2.45) is 4.99 Å². The fourth-order valence-corrected chi connectivity index (χ4v) is 2.18. The minimum atomic E-state index is 0.483. The Kier molecular flexibility index (Phi) is 6.82. The Hall–Kier alpha value is -2.83. The lowest BCUT2D eigenvalue weighted by Crippen LogP contribution is -2.37. The maximum Gasteiger partial charge on any atom is 0.191 e. The Balaban J connectivity index is 1.91. The van der Waals surface area contributed by atoms with Crippen LogP contribution < -0.4 is 15.4 Å². The normalized spacial score (nSPS) is 11.2. The van der Waals surface area contributed by atoms with E-state index in [4.69, 9.17) is 4.74 Å². The number of ether oxygens (including phenoxy) is 1. The highest BCUT2D eigenvalue weighted by Crippen LogP contribution is 2.17. The topological polar surface area (TPSA) is 76.4 Å². The van der Waals surface area contributed by atoms with Crippen molar-refractivity contribution in [1.29, 1.82) is 0 Å². The molecule has 2 rings (SSSR count). The lowest BCUT2D eigenvalue weighted by molar-refractivity contribution is 0.358. The predicted molar refractivity (Wildman–Crippen MR) is 94.9 cm³/mol. The van der Waals surface area contributed by atoms with E-state index in [9.17, 15) is 0 Å². The summed E-state index contributed by atoms with van der Waals surface area (Å²) in [5.74, 6) is 2.40. The first-order chi connectivity index (χ1) is 11.8. The number of aliphatic imine (C=N–C) groups is 1. The van der Waals surface area contributed by atoms with Crippen LogP contribution in [0.15, 0.2) is 48.2 Å². The number of rotatable bonds is 8. The number of para-hydroxylation sites is 1. The van der Waals surface area contributed by atoms with Crippen LogP contribution in [0.3, 0.4) is 0 Å². The number of nitrogens with one attached hydrogen (secondary N) is 2. The van der Waals surface area contributed by atoms with Crippen LogP contribution in [0.5, 0.6) is 5.75 Å². The zero-order valence-electron chi connectivity index (χ0n) is 14.2. The standard InChI is InChI=1S/C17H24N6O/c1-4-10-24-15-9-7-6-8-14(15)11-19-17(18-3)20-12-16-22-21-13-23(16)5-2/h4,6-9,13H,1,5,10-12H2,2-3H3,(H2,18,19,20). The highest BCUT2D eigenvalue weighted by molar-refractivity contribution is 5.79. The van der Waals surface area contributed by atoms with E-state index in [2.05, 4.69) is 39.3 Å². The molecule has 7 heteroatoms. The number of hydrogen-bond acceptors (Lipinski definition) is 4. The van der Waals surface area contributed by atoms with Crippen molar-refractivity contribution in [2.45, 2.75) is 26.6 Å². The van der Waals surface area contributed by atoms with Crippen LogP contribution in [0.25, 0.3) is 0 Å². The fraction of sp³-hybridized carbons (Fsp3) is 0.353. The molecule has 0 fully saturated rings. The second kappa shape index (κ2) is 9.34. The third kappa shape index (κ3) is 4.84. The van der Waals surface area contributed by atoms with Gasteiger partial charge in [-0.15, -0.1) is 10.2 Å². The van der Waals surface area contributed by atoms with E-state index in [1.54, 1.807) is 19.5 Å². The van der Waals surface area contributed by atoms with E-state index in [1.807, 2.05) is 28.8 Å². The van der Waals surface area contributed by atoms with Crippen molar-refractivity contribution in [1.82, 2.24) is 25.4 Å². The highest BCUT2D eigenvalue weighted by Gasteiger charge is 2.06. The number of hydrogen-bond donors (Lipinski definition) is 2. The van der Waals surface area contributed by atoms with Gasteiger partial charge in [-0.25, -0.2) is 0 Å². The Morgan fingerprint density at radius 1 is 1.33 bits per heavy atom. The summed E-state index contributed by atoms with van der Waals surface area (Å²) >= 11 is 0. The van der Waals surface area contributed by atoms with Crippen molar-refractivity contribution in [2.75, 3.05) is 13.7 Å². The number of aromatic nitrogens is 3. The SMILES string of the molecule is C=CCOc1ccccc1CNC(=NC)NCc1nncn1CC. The molecule has 2 aromatic rings. The van der Waals surface area contributed by atoms with Gasteiger partial charge in [0.1, 0.15) is 18.7 Å². The molecule has 1 aromatic heterocycles. The fourth-order valence-electron chi connectivity index (χ4n) is 2.18. The van der Waals surface area contributed by atoms with E-state index in [0.717, 1.165) is 23.7 Å². The molecule has 0 aliphatic heterocycles. The summed E-state index contributed by atoms with van der Waals surface area (Å²) < 4.78 is 7.65. The minimum absolute atomic E-state index is 0.483. The van der Waals surface area contributed by atoms with Crippen molar-refractivity contribution in [3.05, 3.63) is 54.6 Å². The van der Waals surface area contributed by atoms with Crippen molar-refractivity contribution in [3.63, 3.8) is 0 Å². The van der Waals surface area contributed by atoms with Gasteiger partial charge in [0, 0.05) is 25.7 Å². The van der Waals surface area contributed by atoms with Crippen LogP contribution >= 0.6 is 0 Å². The van der Waals surface area contributed by atoms with Crippen LogP contribution in [-0.2, 0) is 19.6 Å². The molecule has 24 heavy (non-hydrogen) atoms. The molecule has 2 N–H and O–H groups in total. The first kappa shape index (κ1) is 17.5. The van der Waals surface area contributed by atoms with Gasteiger partial charge in [0.2, 0.25) is 0 Å². The Morgan fingerprint density at radius 2 is 2.12 bits per heavy atom. The largest absolute Gasteiger partial charge is 0.489 e. The summed E-state index contributed by atoms with van der Waals surface area (Å²) in [6, 6.07) is 7.90. The van der Waals surface area contributed by atoms with Gasteiger partial charge in [-0.2, -0.15) is 0 Å². The zero-order valence-corrected chi connectivity index (χ0v) is 14.2. The van der Waals surface area contributed by atoms with E-state index < -0.39 is 0 Å². The molecule has 0 unspecified atom stereocenters. The molecule has 7 nitrogen and oxygen atoms in total. The third-order valence-corrected chi connectivity index (χ3v) is 3.45. The minimum Gasteiger partial charge on any atom is -0.489 e. The van der Waals surface area contributed by atoms with Crippen LogP contribution in [0.4, 0.5) is 0 Å².